The van der Waals surface area contributed by atoms with Crippen molar-refractivity contribution in [2.24, 2.45) is 0 Å². The number of aromatic nitrogens is 1. The van der Waals surface area contributed by atoms with E-state index in [0.29, 0.717) is 17.4 Å². The molecule has 0 bridgehead atoms. The second kappa shape index (κ2) is 9.05. The van der Waals surface area contributed by atoms with Gasteiger partial charge in [-0.1, -0.05) is 35.9 Å². The van der Waals surface area contributed by atoms with Crippen molar-refractivity contribution in [2.75, 3.05) is 17.7 Å². The van der Waals surface area contributed by atoms with Gasteiger partial charge in [0.25, 0.3) is 0 Å². The molecule has 3 aromatic rings. The Morgan fingerprint density at radius 3 is 2.33 bits per heavy atom. The lowest BCUT2D eigenvalue weighted by Crippen LogP contribution is -2.15. The Labute approximate surface area is 163 Å². The van der Waals surface area contributed by atoms with Gasteiger partial charge < -0.3 is 15.4 Å². The van der Waals surface area contributed by atoms with Gasteiger partial charge in [0, 0.05) is 11.6 Å². The number of ether oxygens (including phenoxy) is 1. The predicted molar refractivity (Wildman–Crippen MR) is 108 cm³/mol. The molecule has 1 aromatic heterocycles. The van der Waals surface area contributed by atoms with Gasteiger partial charge in [-0.25, -0.2) is 4.98 Å². The van der Waals surface area contributed by atoms with Gasteiger partial charge in [0.05, 0.1) is 25.4 Å². The summed E-state index contributed by atoms with van der Waals surface area (Å²) in [5.74, 6) is 1.23. The van der Waals surface area contributed by atoms with Gasteiger partial charge in [0.15, 0.2) is 0 Å². The summed E-state index contributed by atoms with van der Waals surface area (Å²) < 4.78 is 5.15. The van der Waals surface area contributed by atoms with Crippen molar-refractivity contribution < 1.29 is 9.53 Å². The number of hydrogen-bond acceptors (Lipinski definition) is 4. The molecule has 0 aliphatic carbocycles. The molecule has 0 aliphatic rings. The molecule has 0 unspecified atom stereocenters. The molecule has 2 aromatic carbocycles. The molecule has 27 heavy (non-hydrogen) atoms. The fourth-order valence-corrected chi connectivity index (χ4v) is 2.62. The highest BCUT2D eigenvalue weighted by atomic mass is 35.5. The molecule has 0 atom stereocenters. The number of amides is 1. The molecule has 0 aliphatic heterocycles. The minimum Gasteiger partial charge on any atom is -0.497 e. The van der Waals surface area contributed by atoms with E-state index >= 15 is 0 Å². The van der Waals surface area contributed by atoms with E-state index in [-0.39, 0.29) is 12.3 Å². The van der Waals surface area contributed by atoms with E-state index < -0.39 is 0 Å². The van der Waals surface area contributed by atoms with Crippen LogP contribution in [0.2, 0.25) is 5.02 Å². The number of carbonyl (C=O) groups excluding carboxylic acids is 1. The molecule has 0 fully saturated rings. The molecule has 0 saturated carbocycles. The molecule has 138 valence electrons. The van der Waals surface area contributed by atoms with Crippen LogP contribution in [0.5, 0.6) is 5.75 Å². The Kier molecular flexibility index (Phi) is 6.28. The number of nitrogens with zero attached hydrogens (tertiary/aromatic N) is 1. The Morgan fingerprint density at radius 1 is 1.00 bits per heavy atom. The number of nitrogens with one attached hydrogen (secondary N) is 2. The third kappa shape index (κ3) is 5.72. The van der Waals surface area contributed by atoms with E-state index in [1.807, 2.05) is 42.5 Å². The van der Waals surface area contributed by atoms with E-state index in [4.69, 9.17) is 16.3 Å². The van der Waals surface area contributed by atoms with Gasteiger partial charge in [-0.05, 0) is 47.5 Å². The van der Waals surface area contributed by atoms with Crippen LogP contribution in [0.3, 0.4) is 0 Å². The minimum absolute atomic E-state index is 0.122. The number of methoxy groups -OCH3 is 1. The van der Waals surface area contributed by atoms with Crippen molar-refractivity contribution in [1.29, 1.82) is 0 Å². The van der Waals surface area contributed by atoms with Crippen LogP contribution in [-0.2, 0) is 17.8 Å². The van der Waals surface area contributed by atoms with E-state index in [1.165, 1.54) is 0 Å². The maximum absolute atomic E-state index is 12.1. The largest absolute Gasteiger partial charge is 0.497 e. The number of hydrogen-bond donors (Lipinski definition) is 2. The SMILES string of the molecule is COc1ccc(CNc2ccc(NC(=O)Cc3ccc(Cl)cc3)nc2)cc1. The fourth-order valence-electron chi connectivity index (χ4n) is 2.49. The van der Waals surface area contributed by atoms with Gasteiger partial charge in [-0.15, -0.1) is 0 Å². The van der Waals surface area contributed by atoms with Crippen molar-refractivity contribution in [3.8, 4) is 5.75 Å². The molecule has 3 rings (SSSR count). The fraction of sp³-hybridized carbons (Fsp3) is 0.143. The monoisotopic (exact) mass is 381 g/mol. The highest BCUT2D eigenvalue weighted by Crippen LogP contribution is 2.15. The number of pyridine rings is 1. The highest BCUT2D eigenvalue weighted by molar-refractivity contribution is 6.30. The first kappa shape index (κ1) is 18.7. The predicted octanol–water partition coefficient (Wildman–Crippen LogP) is 4.54. The number of carbonyl (C=O) groups is 1. The third-order valence-electron chi connectivity index (χ3n) is 3.96. The lowest BCUT2D eigenvalue weighted by molar-refractivity contribution is -0.115. The van der Waals surface area contributed by atoms with E-state index in [1.54, 1.807) is 31.5 Å². The summed E-state index contributed by atoms with van der Waals surface area (Å²) in [5.41, 5.74) is 2.91. The molecule has 6 heteroatoms. The summed E-state index contributed by atoms with van der Waals surface area (Å²) in [7, 11) is 1.65. The molecule has 0 radical (unpaired) electrons. The van der Waals surface area contributed by atoms with Crippen LogP contribution in [-0.4, -0.2) is 18.0 Å². The van der Waals surface area contributed by atoms with Crippen molar-refractivity contribution >= 4 is 29.0 Å². The molecule has 0 spiro atoms. The molecular formula is C21H20ClN3O2. The molecule has 1 amide bonds. The maximum Gasteiger partial charge on any atom is 0.229 e. The first-order valence-corrected chi connectivity index (χ1v) is 8.87. The van der Waals surface area contributed by atoms with Gasteiger partial charge in [-0.3, -0.25) is 4.79 Å². The van der Waals surface area contributed by atoms with Crippen molar-refractivity contribution in [2.45, 2.75) is 13.0 Å². The zero-order chi connectivity index (χ0) is 19.1. The van der Waals surface area contributed by atoms with E-state index in [2.05, 4.69) is 15.6 Å². The average molecular weight is 382 g/mol. The number of anilines is 2. The lowest BCUT2D eigenvalue weighted by Gasteiger charge is -2.09. The van der Waals surface area contributed by atoms with Crippen LogP contribution < -0.4 is 15.4 Å². The zero-order valence-corrected chi connectivity index (χ0v) is 15.7. The Morgan fingerprint density at radius 2 is 1.70 bits per heavy atom. The minimum atomic E-state index is -0.122. The second-order valence-electron chi connectivity index (χ2n) is 5.99. The van der Waals surface area contributed by atoms with Crippen LogP contribution in [0.15, 0.2) is 66.9 Å². The second-order valence-corrected chi connectivity index (χ2v) is 6.42. The summed E-state index contributed by atoms with van der Waals surface area (Å²) >= 11 is 5.85. The number of halogens is 1. The Bertz CT molecular complexity index is 879. The van der Waals surface area contributed by atoms with Gasteiger partial charge >= 0.3 is 0 Å². The van der Waals surface area contributed by atoms with Crippen molar-refractivity contribution in [1.82, 2.24) is 4.98 Å². The molecule has 2 N–H and O–H groups in total. The first-order valence-electron chi connectivity index (χ1n) is 8.49. The van der Waals surface area contributed by atoms with Gasteiger partial charge in [0.1, 0.15) is 11.6 Å². The third-order valence-corrected chi connectivity index (χ3v) is 4.22. The van der Waals surface area contributed by atoms with Crippen LogP contribution in [0.25, 0.3) is 0 Å². The summed E-state index contributed by atoms with van der Waals surface area (Å²) in [4.78, 5) is 16.4. The van der Waals surface area contributed by atoms with E-state index in [9.17, 15) is 4.79 Å². The summed E-state index contributed by atoms with van der Waals surface area (Å²) in [6.07, 6.45) is 1.97. The normalized spacial score (nSPS) is 10.3. The van der Waals surface area contributed by atoms with Crippen molar-refractivity contribution in [3.63, 3.8) is 0 Å². The van der Waals surface area contributed by atoms with Crippen LogP contribution in [0.4, 0.5) is 11.5 Å². The number of rotatable bonds is 7. The molecular weight excluding hydrogens is 362 g/mol. The van der Waals surface area contributed by atoms with Gasteiger partial charge in [-0.2, -0.15) is 0 Å². The Balaban J connectivity index is 1.50. The molecule has 5 nitrogen and oxygen atoms in total. The standard InChI is InChI=1S/C21H20ClN3O2/c1-27-19-9-4-16(5-10-19)13-23-18-8-11-20(24-14-18)25-21(26)12-15-2-6-17(22)7-3-15/h2-11,14,23H,12-13H2,1H3,(H,24,25,26). The van der Waals surface area contributed by atoms with Crippen molar-refractivity contribution in [3.05, 3.63) is 83.0 Å². The maximum atomic E-state index is 12.1. The summed E-state index contributed by atoms with van der Waals surface area (Å²) in [6.45, 7) is 0.675. The van der Waals surface area contributed by atoms with E-state index in [0.717, 1.165) is 22.6 Å². The lowest BCUT2D eigenvalue weighted by atomic mass is 10.1. The summed E-state index contributed by atoms with van der Waals surface area (Å²) in [5, 5.41) is 6.74. The number of benzene rings is 2. The zero-order valence-electron chi connectivity index (χ0n) is 14.9. The molecule has 0 saturated heterocycles. The van der Waals surface area contributed by atoms with Crippen LogP contribution >= 0.6 is 11.6 Å². The Hall–Kier alpha value is -3.05. The summed E-state index contributed by atoms with van der Waals surface area (Å²) in [6, 6.07) is 18.7. The quantitative estimate of drug-likeness (QED) is 0.630. The van der Waals surface area contributed by atoms with Crippen LogP contribution in [0, 0.1) is 0 Å². The first-order chi connectivity index (χ1) is 13.1. The van der Waals surface area contributed by atoms with Gasteiger partial charge in [0.2, 0.25) is 5.91 Å². The topological polar surface area (TPSA) is 63.2 Å². The molecule has 1 heterocycles. The average Bonchev–Trinajstić information content (AvgIpc) is 2.69. The highest BCUT2D eigenvalue weighted by Gasteiger charge is 2.05. The smallest absolute Gasteiger partial charge is 0.229 e. The van der Waals surface area contributed by atoms with Crippen LogP contribution in [0.1, 0.15) is 11.1 Å².